The second-order valence-corrected chi connectivity index (χ2v) is 13.7. The number of aryl methyl sites for hydroxylation is 1. The molecule has 8 heteroatoms. The van der Waals surface area contributed by atoms with Gasteiger partial charge in [-0.05, 0) is 73.9 Å². The van der Waals surface area contributed by atoms with Crippen molar-refractivity contribution < 1.29 is 18.0 Å². The van der Waals surface area contributed by atoms with Gasteiger partial charge in [0.05, 0.1) is 10.6 Å². The van der Waals surface area contributed by atoms with Crippen LogP contribution in [0.3, 0.4) is 0 Å². The van der Waals surface area contributed by atoms with E-state index in [2.05, 4.69) is 19.2 Å². The van der Waals surface area contributed by atoms with Crippen LogP contribution in [0.5, 0.6) is 0 Å². The molecule has 0 bridgehead atoms. The van der Waals surface area contributed by atoms with Crippen molar-refractivity contribution in [1.29, 1.82) is 0 Å². The minimum atomic E-state index is -4.09. The molecule has 0 saturated heterocycles. The van der Waals surface area contributed by atoms with Crippen LogP contribution < -0.4 is 9.62 Å². The Balaban J connectivity index is 1.68. The van der Waals surface area contributed by atoms with E-state index in [0.717, 1.165) is 42.4 Å². The molecule has 0 unspecified atom stereocenters. The molecule has 43 heavy (non-hydrogen) atoms. The maximum atomic E-state index is 14.2. The molecule has 0 radical (unpaired) electrons. The van der Waals surface area contributed by atoms with Gasteiger partial charge in [-0.2, -0.15) is 0 Å². The Morgan fingerprint density at radius 1 is 0.907 bits per heavy atom. The predicted molar refractivity (Wildman–Crippen MR) is 173 cm³/mol. The minimum Gasteiger partial charge on any atom is -0.352 e. The molecule has 0 aliphatic heterocycles. The van der Waals surface area contributed by atoms with E-state index in [4.69, 9.17) is 0 Å². The molecule has 0 aromatic heterocycles. The van der Waals surface area contributed by atoms with Gasteiger partial charge in [-0.3, -0.25) is 13.9 Å². The number of benzene rings is 3. The van der Waals surface area contributed by atoms with Crippen molar-refractivity contribution in [2.75, 3.05) is 17.4 Å². The Labute approximate surface area is 257 Å². The number of hydrogen-bond donors (Lipinski definition) is 1. The number of hydrogen-bond acceptors (Lipinski definition) is 4. The number of sulfonamides is 1. The lowest BCUT2D eigenvalue weighted by atomic mass is 10.0. The van der Waals surface area contributed by atoms with Crippen LogP contribution in [-0.2, 0) is 26.0 Å². The quantitative estimate of drug-likeness (QED) is 0.251. The predicted octanol–water partition coefficient (Wildman–Crippen LogP) is 6.22. The minimum absolute atomic E-state index is 0.112. The molecule has 1 N–H and O–H groups in total. The highest BCUT2D eigenvalue weighted by Crippen LogP contribution is 2.27. The lowest BCUT2D eigenvalue weighted by molar-refractivity contribution is -0.139. The number of rotatable bonds is 13. The molecule has 1 fully saturated rings. The molecule has 0 spiro atoms. The summed E-state index contributed by atoms with van der Waals surface area (Å²) in [5.41, 5.74) is 3.46. The zero-order valence-electron chi connectivity index (χ0n) is 25.8. The van der Waals surface area contributed by atoms with Crippen LogP contribution >= 0.6 is 0 Å². The third-order valence-corrected chi connectivity index (χ3v) is 10.1. The van der Waals surface area contributed by atoms with Gasteiger partial charge in [0.2, 0.25) is 11.8 Å². The molecule has 1 saturated carbocycles. The second-order valence-electron chi connectivity index (χ2n) is 11.8. The van der Waals surface area contributed by atoms with Gasteiger partial charge in [-0.1, -0.05) is 93.8 Å². The normalized spacial score (nSPS) is 14.4. The van der Waals surface area contributed by atoms with Crippen molar-refractivity contribution in [2.45, 2.75) is 89.1 Å². The topological polar surface area (TPSA) is 86.8 Å². The van der Waals surface area contributed by atoms with Crippen LogP contribution in [0.1, 0.15) is 75.5 Å². The highest BCUT2D eigenvalue weighted by atomic mass is 32.2. The maximum Gasteiger partial charge on any atom is 0.264 e. The van der Waals surface area contributed by atoms with Crippen LogP contribution in [0, 0.1) is 6.92 Å². The van der Waals surface area contributed by atoms with Crippen LogP contribution in [0.25, 0.3) is 0 Å². The molecule has 0 heterocycles. The molecule has 1 aliphatic rings. The maximum absolute atomic E-state index is 14.2. The van der Waals surface area contributed by atoms with Gasteiger partial charge >= 0.3 is 0 Å². The van der Waals surface area contributed by atoms with Crippen LogP contribution in [0.4, 0.5) is 5.69 Å². The standard InChI is InChI=1S/C35H45N3O4S/c1-5-33(35(40)36-30-13-9-10-14-30)37(24-23-28-11-7-6-8-12-28)34(39)25-38(31-19-17-29(18-20-31)26(2)3)43(41,42)32-21-15-27(4)16-22-32/h6-8,11-12,15-22,26,30,33H,5,9-10,13-14,23-25H2,1-4H3,(H,36,40)/t33-/m1/s1. The average molecular weight is 604 g/mol. The van der Waals surface area contributed by atoms with Crippen LogP contribution in [0.2, 0.25) is 0 Å². The van der Waals surface area contributed by atoms with Crippen molar-refractivity contribution in [3.05, 3.63) is 95.6 Å². The van der Waals surface area contributed by atoms with Crippen molar-refractivity contribution in [2.24, 2.45) is 0 Å². The van der Waals surface area contributed by atoms with E-state index >= 15 is 0 Å². The highest BCUT2D eigenvalue weighted by molar-refractivity contribution is 7.92. The number of nitrogens with zero attached hydrogens (tertiary/aromatic N) is 2. The summed E-state index contributed by atoms with van der Waals surface area (Å²) in [6.45, 7) is 7.82. The molecule has 3 aromatic carbocycles. The Hall–Kier alpha value is -3.65. The number of nitrogens with one attached hydrogen (secondary N) is 1. The van der Waals surface area contributed by atoms with E-state index in [-0.39, 0.29) is 22.8 Å². The van der Waals surface area contributed by atoms with E-state index in [9.17, 15) is 18.0 Å². The van der Waals surface area contributed by atoms with Gasteiger partial charge in [0.25, 0.3) is 10.0 Å². The third kappa shape index (κ3) is 8.25. The molecule has 4 rings (SSSR count). The van der Waals surface area contributed by atoms with Gasteiger partial charge < -0.3 is 10.2 Å². The molecule has 2 amide bonds. The summed E-state index contributed by atoms with van der Waals surface area (Å²) in [4.78, 5) is 29.5. The fourth-order valence-corrected chi connectivity index (χ4v) is 7.07. The Bertz CT molecular complexity index is 1450. The van der Waals surface area contributed by atoms with Crippen molar-refractivity contribution >= 4 is 27.5 Å². The Morgan fingerprint density at radius 3 is 2.12 bits per heavy atom. The van der Waals surface area contributed by atoms with E-state index in [1.54, 1.807) is 41.3 Å². The molecule has 1 aliphatic carbocycles. The summed E-state index contributed by atoms with van der Waals surface area (Å²) < 4.78 is 29.3. The first-order valence-electron chi connectivity index (χ1n) is 15.4. The summed E-state index contributed by atoms with van der Waals surface area (Å²) in [5, 5.41) is 3.16. The summed E-state index contributed by atoms with van der Waals surface area (Å²) in [6, 6.07) is 23.2. The van der Waals surface area contributed by atoms with Crippen molar-refractivity contribution in [1.82, 2.24) is 10.2 Å². The van der Waals surface area contributed by atoms with Gasteiger partial charge in [0.1, 0.15) is 12.6 Å². The summed E-state index contributed by atoms with van der Waals surface area (Å²) in [6.07, 6.45) is 5.02. The van der Waals surface area contributed by atoms with E-state index < -0.39 is 28.5 Å². The SMILES string of the molecule is CC[C@H](C(=O)NC1CCCC1)N(CCc1ccccc1)C(=O)CN(c1ccc(C(C)C)cc1)S(=O)(=O)c1ccc(C)cc1. The largest absolute Gasteiger partial charge is 0.352 e. The summed E-state index contributed by atoms with van der Waals surface area (Å²) in [5.74, 6) is -0.312. The average Bonchev–Trinajstić information content (AvgIpc) is 3.51. The Morgan fingerprint density at radius 2 is 1.53 bits per heavy atom. The lowest BCUT2D eigenvalue weighted by Gasteiger charge is -2.34. The fraction of sp³-hybridized carbons (Fsp3) is 0.429. The Kier molecular flexibility index (Phi) is 11.0. The number of carbonyl (C=O) groups excluding carboxylic acids is 2. The van der Waals surface area contributed by atoms with Crippen molar-refractivity contribution in [3.63, 3.8) is 0 Å². The molecular weight excluding hydrogens is 558 g/mol. The molecular formula is C35H45N3O4S. The second kappa shape index (κ2) is 14.7. The molecule has 3 aromatic rings. The van der Waals surface area contributed by atoms with Gasteiger partial charge in [0, 0.05) is 12.6 Å². The lowest BCUT2D eigenvalue weighted by Crippen LogP contribution is -2.54. The molecule has 1 atom stereocenters. The van der Waals surface area contributed by atoms with Crippen LogP contribution in [-0.4, -0.2) is 50.3 Å². The molecule has 7 nitrogen and oxygen atoms in total. The first-order chi connectivity index (χ1) is 20.6. The first kappa shape index (κ1) is 32.3. The number of amides is 2. The number of carbonyl (C=O) groups is 2. The smallest absolute Gasteiger partial charge is 0.264 e. The zero-order chi connectivity index (χ0) is 31.0. The van der Waals surface area contributed by atoms with Crippen LogP contribution in [0.15, 0.2) is 83.8 Å². The van der Waals surface area contributed by atoms with E-state index in [1.807, 2.05) is 56.3 Å². The third-order valence-electron chi connectivity index (χ3n) is 8.31. The zero-order valence-corrected chi connectivity index (χ0v) is 26.6. The first-order valence-corrected chi connectivity index (χ1v) is 16.9. The van der Waals surface area contributed by atoms with Gasteiger partial charge in [-0.15, -0.1) is 0 Å². The number of anilines is 1. The fourth-order valence-electron chi connectivity index (χ4n) is 5.66. The van der Waals surface area contributed by atoms with Gasteiger partial charge in [-0.25, -0.2) is 8.42 Å². The van der Waals surface area contributed by atoms with Crippen molar-refractivity contribution in [3.8, 4) is 0 Å². The van der Waals surface area contributed by atoms with E-state index in [1.165, 1.54) is 4.31 Å². The highest BCUT2D eigenvalue weighted by Gasteiger charge is 2.34. The van der Waals surface area contributed by atoms with Gasteiger partial charge in [0.15, 0.2) is 0 Å². The summed E-state index contributed by atoms with van der Waals surface area (Å²) >= 11 is 0. The monoisotopic (exact) mass is 603 g/mol. The molecule has 230 valence electrons. The van der Waals surface area contributed by atoms with E-state index in [0.29, 0.717) is 25.1 Å². The summed E-state index contributed by atoms with van der Waals surface area (Å²) in [7, 11) is -4.09.